The molecule has 0 aromatic heterocycles. The van der Waals surface area contributed by atoms with Gasteiger partial charge in [-0.05, 0) is 48.7 Å². The van der Waals surface area contributed by atoms with Gasteiger partial charge in [0.25, 0.3) is 0 Å². The van der Waals surface area contributed by atoms with Gasteiger partial charge in [0.2, 0.25) is 0 Å². The highest BCUT2D eigenvalue weighted by atomic mass is 32.2. The van der Waals surface area contributed by atoms with E-state index < -0.39 is 10.8 Å². The van der Waals surface area contributed by atoms with Crippen molar-refractivity contribution in [3.63, 3.8) is 0 Å². The van der Waals surface area contributed by atoms with Crippen LogP contribution in [0, 0.1) is 13.8 Å². The average molecular weight is 306 g/mol. The van der Waals surface area contributed by atoms with Crippen LogP contribution >= 0.6 is 0 Å². The molecule has 0 unspecified atom stereocenters. The highest BCUT2D eigenvalue weighted by Crippen LogP contribution is 2.31. The van der Waals surface area contributed by atoms with Gasteiger partial charge in [0.05, 0.1) is 15.7 Å². The van der Waals surface area contributed by atoms with Crippen LogP contribution in [-0.4, -0.2) is 4.21 Å². The second kappa shape index (κ2) is 6.29. The number of hydrogen-bond donors (Lipinski definition) is 0. The molecule has 3 rings (SSSR count). The minimum absolute atomic E-state index is 0.839. The van der Waals surface area contributed by atoms with Crippen molar-refractivity contribution in [3.05, 3.63) is 83.9 Å². The average Bonchev–Trinajstić information content (AvgIpc) is 2.55. The molecule has 0 saturated heterocycles. The van der Waals surface area contributed by atoms with Crippen LogP contribution < -0.4 is 0 Å². The first kappa shape index (κ1) is 14.7. The lowest BCUT2D eigenvalue weighted by molar-refractivity contribution is 0.683. The highest BCUT2D eigenvalue weighted by molar-refractivity contribution is 7.85. The summed E-state index contributed by atoms with van der Waals surface area (Å²) in [5.41, 5.74) is 4.54. The Morgan fingerprint density at radius 1 is 0.682 bits per heavy atom. The molecule has 0 N–H and O–H groups in total. The Hall–Kier alpha value is -2.19. The molecule has 0 aliphatic heterocycles. The van der Waals surface area contributed by atoms with Crippen molar-refractivity contribution in [3.8, 4) is 11.1 Å². The number of hydrogen-bond acceptors (Lipinski definition) is 1. The minimum atomic E-state index is -1.18. The summed E-state index contributed by atoms with van der Waals surface area (Å²) in [7, 11) is -1.18. The molecule has 1 nitrogen and oxygen atoms in total. The molecule has 0 saturated carbocycles. The van der Waals surface area contributed by atoms with Crippen LogP contribution in [0.15, 0.2) is 82.6 Å². The van der Waals surface area contributed by atoms with Crippen LogP contribution in [0.4, 0.5) is 0 Å². The van der Waals surface area contributed by atoms with Crippen LogP contribution in [0.5, 0.6) is 0 Å². The van der Waals surface area contributed by atoms with Crippen LogP contribution in [0.2, 0.25) is 0 Å². The van der Waals surface area contributed by atoms with E-state index in [-0.39, 0.29) is 0 Å². The lowest BCUT2D eigenvalue weighted by Gasteiger charge is -2.12. The van der Waals surface area contributed by atoms with E-state index in [1.165, 1.54) is 11.1 Å². The van der Waals surface area contributed by atoms with E-state index in [1.54, 1.807) is 0 Å². The Bertz CT molecular complexity index is 819. The smallest absolute Gasteiger partial charge is 0.0855 e. The van der Waals surface area contributed by atoms with Gasteiger partial charge in [-0.1, -0.05) is 60.2 Å². The molecular weight excluding hydrogens is 288 g/mol. The first-order valence-corrected chi connectivity index (χ1v) is 8.45. The first-order valence-electron chi connectivity index (χ1n) is 7.30. The SMILES string of the molecule is Cc1ccc([S@](=O)c2ccccc2-c2ccccc2C)cc1. The Morgan fingerprint density at radius 2 is 1.27 bits per heavy atom. The quantitative estimate of drug-likeness (QED) is 0.655. The summed E-state index contributed by atoms with van der Waals surface area (Å²) in [6.07, 6.45) is 0. The van der Waals surface area contributed by atoms with Crippen LogP contribution in [0.3, 0.4) is 0 Å². The summed E-state index contributed by atoms with van der Waals surface area (Å²) in [5, 5.41) is 0. The van der Waals surface area contributed by atoms with Gasteiger partial charge >= 0.3 is 0 Å². The Balaban J connectivity index is 2.11. The van der Waals surface area contributed by atoms with Gasteiger partial charge in [0.15, 0.2) is 0 Å². The zero-order valence-electron chi connectivity index (χ0n) is 12.7. The van der Waals surface area contributed by atoms with E-state index in [0.29, 0.717) is 0 Å². The summed E-state index contributed by atoms with van der Waals surface area (Å²) in [5.74, 6) is 0. The predicted molar refractivity (Wildman–Crippen MR) is 92.5 cm³/mol. The first-order chi connectivity index (χ1) is 10.7. The van der Waals surface area contributed by atoms with Gasteiger partial charge in [0.1, 0.15) is 0 Å². The molecule has 0 radical (unpaired) electrons. The molecule has 2 heteroatoms. The molecule has 0 amide bonds. The molecule has 0 aliphatic carbocycles. The maximum atomic E-state index is 13.0. The lowest BCUT2D eigenvalue weighted by atomic mass is 10.0. The molecule has 3 aromatic rings. The molecule has 22 heavy (non-hydrogen) atoms. The van der Waals surface area contributed by atoms with Gasteiger partial charge in [-0.2, -0.15) is 0 Å². The summed E-state index contributed by atoms with van der Waals surface area (Å²) in [6, 6.07) is 24.1. The van der Waals surface area contributed by atoms with Crippen LogP contribution in [-0.2, 0) is 10.8 Å². The Morgan fingerprint density at radius 3 is 1.95 bits per heavy atom. The Kier molecular flexibility index (Phi) is 4.21. The molecule has 0 fully saturated rings. The largest absolute Gasteiger partial charge is 0.249 e. The lowest BCUT2D eigenvalue weighted by Crippen LogP contribution is -1.97. The number of benzene rings is 3. The fraction of sp³-hybridized carbons (Fsp3) is 0.100. The zero-order chi connectivity index (χ0) is 15.5. The molecule has 110 valence electrons. The standard InChI is InChI=1S/C20H18OS/c1-15-11-13-17(14-12-15)22(21)20-10-6-5-9-19(20)18-8-4-3-7-16(18)2/h3-14H,1-2H3/t22-/m0/s1. The summed E-state index contributed by atoms with van der Waals surface area (Å²) in [6.45, 7) is 4.12. The van der Waals surface area contributed by atoms with Crippen molar-refractivity contribution in [2.45, 2.75) is 23.6 Å². The second-order valence-corrected chi connectivity index (χ2v) is 6.84. The van der Waals surface area contributed by atoms with Crippen LogP contribution in [0.1, 0.15) is 11.1 Å². The van der Waals surface area contributed by atoms with Crippen molar-refractivity contribution in [2.24, 2.45) is 0 Å². The predicted octanol–water partition coefficient (Wildman–Crippen LogP) is 5.14. The summed E-state index contributed by atoms with van der Waals surface area (Å²) >= 11 is 0. The maximum Gasteiger partial charge on any atom is 0.0855 e. The highest BCUT2D eigenvalue weighted by Gasteiger charge is 2.13. The minimum Gasteiger partial charge on any atom is -0.249 e. The normalized spacial score (nSPS) is 12.1. The van der Waals surface area contributed by atoms with E-state index in [1.807, 2.05) is 67.6 Å². The third kappa shape index (κ3) is 2.88. The molecular formula is C20H18OS. The molecule has 0 spiro atoms. The summed E-state index contributed by atoms with van der Waals surface area (Å²) < 4.78 is 13.0. The summed E-state index contributed by atoms with van der Waals surface area (Å²) in [4.78, 5) is 1.70. The van der Waals surface area contributed by atoms with Crippen molar-refractivity contribution in [1.29, 1.82) is 0 Å². The van der Waals surface area contributed by atoms with E-state index >= 15 is 0 Å². The molecule has 3 aromatic carbocycles. The fourth-order valence-electron chi connectivity index (χ4n) is 2.51. The van der Waals surface area contributed by atoms with Gasteiger partial charge in [-0.25, -0.2) is 4.21 Å². The van der Waals surface area contributed by atoms with Gasteiger partial charge in [-0.15, -0.1) is 0 Å². The zero-order valence-corrected chi connectivity index (χ0v) is 13.6. The van der Waals surface area contributed by atoms with Gasteiger partial charge in [-0.3, -0.25) is 0 Å². The Labute approximate surface area is 134 Å². The van der Waals surface area contributed by atoms with Gasteiger partial charge in [0, 0.05) is 4.90 Å². The van der Waals surface area contributed by atoms with Crippen molar-refractivity contribution >= 4 is 10.8 Å². The topological polar surface area (TPSA) is 17.1 Å². The van der Waals surface area contributed by atoms with E-state index in [4.69, 9.17) is 0 Å². The third-order valence-corrected chi connectivity index (χ3v) is 5.21. The second-order valence-electron chi connectivity index (χ2n) is 5.39. The van der Waals surface area contributed by atoms with Crippen molar-refractivity contribution in [1.82, 2.24) is 0 Å². The number of rotatable bonds is 3. The fourth-order valence-corrected chi connectivity index (χ4v) is 3.73. The van der Waals surface area contributed by atoms with Crippen molar-refractivity contribution in [2.75, 3.05) is 0 Å². The van der Waals surface area contributed by atoms with Crippen LogP contribution in [0.25, 0.3) is 11.1 Å². The molecule has 1 atom stereocenters. The number of aryl methyl sites for hydroxylation is 2. The third-order valence-electron chi connectivity index (χ3n) is 3.76. The van der Waals surface area contributed by atoms with E-state index in [9.17, 15) is 4.21 Å². The van der Waals surface area contributed by atoms with E-state index in [0.717, 1.165) is 20.9 Å². The van der Waals surface area contributed by atoms with E-state index in [2.05, 4.69) is 19.1 Å². The molecule has 0 aliphatic rings. The maximum absolute atomic E-state index is 13.0. The molecule has 0 heterocycles. The molecule has 0 bridgehead atoms. The van der Waals surface area contributed by atoms with Crippen molar-refractivity contribution < 1.29 is 4.21 Å². The monoisotopic (exact) mass is 306 g/mol. The van der Waals surface area contributed by atoms with Gasteiger partial charge < -0.3 is 0 Å².